The third-order valence-corrected chi connectivity index (χ3v) is 8.80. The minimum atomic E-state index is -3.41. The van der Waals surface area contributed by atoms with Gasteiger partial charge in [-0.2, -0.15) is 0 Å². The van der Waals surface area contributed by atoms with E-state index >= 15 is 0 Å². The molecule has 2 aromatic heterocycles. The lowest BCUT2D eigenvalue weighted by molar-refractivity contribution is -0.122. The van der Waals surface area contributed by atoms with Crippen molar-refractivity contribution in [3.8, 4) is 17.1 Å². The standard InChI is InChI=1S/C23H27N5O4S2/c1-4-23(5-2,19-14-33-22(27-19)28-34(30,31)17-10-11-17)21(29)25-16-8-6-15(7-9-16)18-12-24-13-20(26-18)32-3/h6-9,12-14,17H,4-5,10-11H2,1-3H3,(H,25,29)(H,27,28). The van der Waals surface area contributed by atoms with Crippen molar-refractivity contribution in [3.05, 3.63) is 47.7 Å². The fourth-order valence-corrected chi connectivity index (χ4v) is 6.14. The number of aromatic nitrogens is 3. The monoisotopic (exact) mass is 501 g/mol. The quantitative estimate of drug-likeness (QED) is 0.426. The van der Waals surface area contributed by atoms with Crippen LogP contribution in [0.4, 0.5) is 10.8 Å². The third kappa shape index (κ3) is 4.90. The molecular weight excluding hydrogens is 474 g/mol. The van der Waals surface area contributed by atoms with Crippen LogP contribution in [0.3, 0.4) is 0 Å². The number of amides is 1. The van der Waals surface area contributed by atoms with E-state index in [0.29, 0.717) is 53.8 Å². The van der Waals surface area contributed by atoms with Crippen molar-refractivity contribution in [2.75, 3.05) is 17.1 Å². The number of nitrogens with one attached hydrogen (secondary N) is 2. The molecule has 180 valence electrons. The van der Waals surface area contributed by atoms with Crippen LogP contribution < -0.4 is 14.8 Å². The van der Waals surface area contributed by atoms with Crippen LogP contribution in [-0.2, 0) is 20.2 Å². The summed E-state index contributed by atoms with van der Waals surface area (Å²) in [5, 5.41) is 4.72. The Balaban J connectivity index is 1.51. The van der Waals surface area contributed by atoms with E-state index in [4.69, 9.17) is 4.74 Å². The summed E-state index contributed by atoms with van der Waals surface area (Å²) in [7, 11) is -1.87. The average molecular weight is 502 g/mol. The zero-order chi connectivity index (χ0) is 24.3. The van der Waals surface area contributed by atoms with E-state index in [1.54, 1.807) is 23.7 Å². The SMILES string of the molecule is CCC(CC)(C(=O)Nc1ccc(-c2cncc(OC)n2)cc1)c1csc(NS(=O)(=O)C2CC2)n1. The Morgan fingerprint density at radius 1 is 1.15 bits per heavy atom. The molecule has 1 aliphatic rings. The summed E-state index contributed by atoms with van der Waals surface area (Å²) in [6.45, 7) is 3.86. The Kier molecular flexibility index (Phi) is 6.85. The van der Waals surface area contributed by atoms with Gasteiger partial charge in [-0.3, -0.25) is 14.5 Å². The molecule has 0 aliphatic heterocycles. The third-order valence-electron chi connectivity index (χ3n) is 6.09. The molecule has 1 aromatic carbocycles. The Morgan fingerprint density at radius 2 is 1.85 bits per heavy atom. The maximum absolute atomic E-state index is 13.4. The van der Waals surface area contributed by atoms with Crippen LogP contribution in [0.15, 0.2) is 42.0 Å². The molecule has 1 fully saturated rings. The van der Waals surface area contributed by atoms with Crippen LogP contribution in [0, 0.1) is 0 Å². The van der Waals surface area contributed by atoms with E-state index in [0.717, 1.165) is 5.56 Å². The molecule has 11 heteroatoms. The van der Waals surface area contributed by atoms with Gasteiger partial charge in [0.15, 0.2) is 5.13 Å². The van der Waals surface area contributed by atoms with Crippen molar-refractivity contribution in [1.82, 2.24) is 15.0 Å². The van der Waals surface area contributed by atoms with Crippen molar-refractivity contribution in [2.45, 2.75) is 50.2 Å². The lowest BCUT2D eigenvalue weighted by Crippen LogP contribution is -2.39. The summed E-state index contributed by atoms with van der Waals surface area (Å²) >= 11 is 1.20. The van der Waals surface area contributed by atoms with Crippen LogP contribution in [0.5, 0.6) is 5.88 Å². The largest absolute Gasteiger partial charge is 0.480 e. The fourth-order valence-electron chi connectivity index (χ4n) is 3.73. The van der Waals surface area contributed by atoms with Gasteiger partial charge >= 0.3 is 0 Å². The zero-order valence-corrected chi connectivity index (χ0v) is 20.9. The molecule has 0 unspecified atom stereocenters. The van der Waals surface area contributed by atoms with E-state index in [9.17, 15) is 13.2 Å². The van der Waals surface area contributed by atoms with E-state index in [1.807, 2.05) is 26.0 Å². The number of carbonyl (C=O) groups excluding carboxylic acids is 1. The minimum absolute atomic E-state index is 0.187. The summed E-state index contributed by atoms with van der Waals surface area (Å²) in [6, 6.07) is 7.32. The number of methoxy groups -OCH3 is 1. The van der Waals surface area contributed by atoms with Gasteiger partial charge in [-0.15, -0.1) is 11.3 Å². The molecule has 1 aliphatic carbocycles. The molecule has 0 spiro atoms. The average Bonchev–Trinajstić information content (AvgIpc) is 3.62. The summed E-state index contributed by atoms with van der Waals surface area (Å²) in [5.41, 5.74) is 1.83. The molecule has 0 saturated heterocycles. The number of benzene rings is 1. The molecule has 2 heterocycles. The Morgan fingerprint density at radius 3 is 2.47 bits per heavy atom. The lowest BCUT2D eigenvalue weighted by Gasteiger charge is -2.28. The van der Waals surface area contributed by atoms with E-state index in [-0.39, 0.29) is 11.2 Å². The van der Waals surface area contributed by atoms with Crippen molar-refractivity contribution in [1.29, 1.82) is 0 Å². The van der Waals surface area contributed by atoms with Gasteiger partial charge in [0.25, 0.3) is 0 Å². The van der Waals surface area contributed by atoms with E-state index in [2.05, 4.69) is 25.0 Å². The van der Waals surface area contributed by atoms with Gasteiger partial charge in [-0.25, -0.2) is 18.4 Å². The smallest absolute Gasteiger partial charge is 0.237 e. The van der Waals surface area contributed by atoms with Crippen molar-refractivity contribution in [2.24, 2.45) is 0 Å². The van der Waals surface area contributed by atoms with E-state index < -0.39 is 15.4 Å². The molecule has 9 nitrogen and oxygen atoms in total. The molecule has 0 radical (unpaired) electrons. The van der Waals surface area contributed by atoms with Gasteiger partial charge < -0.3 is 10.1 Å². The number of anilines is 2. The molecular formula is C23H27N5O4S2. The maximum Gasteiger partial charge on any atom is 0.237 e. The van der Waals surface area contributed by atoms with E-state index in [1.165, 1.54) is 24.6 Å². The first-order valence-corrected chi connectivity index (χ1v) is 13.5. The second-order valence-electron chi connectivity index (χ2n) is 8.15. The lowest BCUT2D eigenvalue weighted by atomic mass is 9.78. The summed E-state index contributed by atoms with van der Waals surface area (Å²) in [4.78, 5) is 26.4. The van der Waals surface area contributed by atoms with Gasteiger partial charge in [0, 0.05) is 16.6 Å². The minimum Gasteiger partial charge on any atom is -0.480 e. The predicted octanol–water partition coefficient (Wildman–Crippen LogP) is 4.21. The van der Waals surface area contributed by atoms with Crippen LogP contribution in [0.1, 0.15) is 45.2 Å². The number of nitrogens with zero attached hydrogens (tertiary/aromatic N) is 3. The van der Waals surface area contributed by atoms with Crippen LogP contribution in [0.2, 0.25) is 0 Å². The number of rotatable bonds is 10. The highest BCUT2D eigenvalue weighted by atomic mass is 32.2. The summed E-state index contributed by atoms with van der Waals surface area (Å²) in [6.07, 6.45) is 5.57. The summed E-state index contributed by atoms with van der Waals surface area (Å²) in [5.74, 6) is 0.237. The van der Waals surface area contributed by atoms with Crippen molar-refractivity contribution in [3.63, 3.8) is 0 Å². The molecule has 0 bridgehead atoms. The number of hydrogen-bond acceptors (Lipinski definition) is 8. The van der Waals surface area contributed by atoms with Gasteiger partial charge in [-0.05, 0) is 37.8 Å². The fraction of sp³-hybridized carbons (Fsp3) is 0.391. The summed E-state index contributed by atoms with van der Waals surface area (Å²) < 4.78 is 32.2. The Bertz CT molecular complexity index is 1270. The van der Waals surface area contributed by atoms with Crippen LogP contribution in [0.25, 0.3) is 11.3 Å². The van der Waals surface area contributed by atoms with Gasteiger partial charge in [-0.1, -0.05) is 26.0 Å². The van der Waals surface area contributed by atoms with Gasteiger partial charge in [0.05, 0.1) is 41.6 Å². The number of carbonyl (C=O) groups is 1. The number of thiazole rings is 1. The number of ether oxygens (including phenoxy) is 1. The molecule has 1 saturated carbocycles. The highest BCUT2D eigenvalue weighted by molar-refractivity contribution is 7.93. The van der Waals surface area contributed by atoms with Crippen LogP contribution in [-0.4, -0.2) is 41.6 Å². The Hall–Kier alpha value is -3.05. The highest BCUT2D eigenvalue weighted by Crippen LogP contribution is 2.37. The van der Waals surface area contributed by atoms with Gasteiger partial charge in [0.1, 0.15) is 0 Å². The van der Waals surface area contributed by atoms with Crippen LogP contribution >= 0.6 is 11.3 Å². The predicted molar refractivity (Wildman–Crippen MR) is 133 cm³/mol. The molecule has 0 atom stereocenters. The second kappa shape index (κ2) is 9.67. The first kappa shape index (κ1) is 24.1. The number of hydrogen-bond donors (Lipinski definition) is 2. The number of sulfonamides is 1. The first-order chi connectivity index (χ1) is 16.3. The molecule has 34 heavy (non-hydrogen) atoms. The molecule has 3 aromatic rings. The normalized spacial score (nSPS) is 14.0. The van der Waals surface area contributed by atoms with Crippen molar-refractivity contribution < 1.29 is 17.9 Å². The highest BCUT2D eigenvalue weighted by Gasteiger charge is 2.40. The molecule has 4 rings (SSSR count). The zero-order valence-electron chi connectivity index (χ0n) is 19.2. The Labute approximate surface area is 203 Å². The van der Waals surface area contributed by atoms with Crippen molar-refractivity contribution >= 4 is 38.1 Å². The molecule has 1 amide bonds. The van der Waals surface area contributed by atoms with Gasteiger partial charge in [0.2, 0.25) is 21.8 Å². The molecule has 2 N–H and O–H groups in total. The second-order valence-corrected chi connectivity index (χ2v) is 11.0. The topological polar surface area (TPSA) is 123 Å². The first-order valence-electron chi connectivity index (χ1n) is 11.1. The maximum atomic E-state index is 13.4.